The number of halogens is 1. The Labute approximate surface area is 186 Å². The van der Waals surface area contributed by atoms with E-state index in [1.165, 1.54) is 6.92 Å². The van der Waals surface area contributed by atoms with E-state index in [9.17, 15) is 19.5 Å². The SMILES string of the molecule is CC(C)(C)OC(=O)[C@@H]1C(=O)C[C@@](C)(O)[C@@H](C(=O)OC(C)(C)C)[C@H]1c1ccc(Br)cc1. The summed E-state index contributed by atoms with van der Waals surface area (Å²) in [6, 6.07) is 7.00. The van der Waals surface area contributed by atoms with Crippen LogP contribution >= 0.6 is 15.9 Å². The average molecular weight is 483 g/mol. The Morgan fingerprint density at radius 2 is 1.47 bits per heavy atom. The number of esters is 2. The van der Waals surface area contributed by atoms with Gasteiger partial charge < -0.3 is 14.6 Å². The first kappa shape index (κ1) is 24.5. The number of Topliss-reactive ketones (excluding diaryl/α,β-unsaturated/α-hetero) is 1. The van der Waals surface area contributed by atoms with Gasteiger partial charge >= 0.3 is 11.9 Å². The van der Waals surface area contributed by atoms with Crippen molar-refractivity contribution in [1.29, 1.82) is 0 Å². The largest absolute Gasteiger partial charge is 0.460 e. The zero-order chi connectivity index (χ0) is 23.1. The van der Waals surface area contributed by atoms with Crippen LogP contribution in [0, 0.1) is 11.8 Å². The second-order valence-electron chi connectivity index (χ2n) is 10.1. The Hall–Kier alpha value is -1.73. The molecule has 1 fully saturated rings. The van der Waals surface area contributed by atoms with Gasteiger partial charge in [-0.2, -0.15) is 0 Å². The second-order valence-corrected chi connectivity index (χ2v) is 11.0. The standard InChI is InChI=1S/C23H31BrO6/c1-21(2,3)29-19(26)17-15(25)12-23(7,28)18(20(27)30-22(4,5)6)16(17)13-8-10-14(24)11-9-13/h8-11,16-18,28H,12H2,1-7H3/t16-,17+,18+,23+/m0/s1. The molecule has 2 rings (SSSR count). The molecule has 7 heteroatoms. The van der Waals surface area contributed by atoms with Gasteiger partial charge in [0.1, 0.15) is 17.1 Å². The Balaban J connectivity index is 2.62. The van der Waals surface area contributed by atoms with Gasteiger partial charge in [-0.25, -0.2) is 0 Å². The number of carbonyl (C=O) groups excluding carboxylic acids is 3. The number of rotatable bonds is 3. The van der Waals surface area contributed by atoms with E-state index < -0.39 is 52.3 Å². The highest BCUT2D eigenvalue weighted by molar-refractivity contribution is 9.10. The minimum atomic E-state index is -1.67. The molecule has 1 saturated carbocycles. The molecule has 0 amide bonds. The summed E-state index contributed by atoms with van der Waals surface area (Å²) in [6.07, 6.45) is -0.339. The number of aliphatic hydroxyl groups is 1. The molecule has 1 N–H and O–H groups in total. The van der Waals surface area contributed by atoms with Gasteiger partial charge in [-0.15, -0.1) is 0 Å². The molecule has 0 saturated heterocycles. The van der Waals surface area contributed by atoms with E-state index in [0.29, 0.717) is 5.56 Å². The molecule has 0 heterocycles. The Bertz CT molecular complexity index is 814. The summed E-state index contributed by atoms with van der Waals surface area (Å²) in [5.74, 6) is -5.07. The lowest BCUT2D eigenvalue weighted by Crippen LogP contribution is -2.56. The van der Waals surface area contributed by atoms with E-state index in [2.05, 4.69) is 15.9 Å². The van der Waals surface area contributed by atoms with Gasteiger partial charge in [0.05, 0.1) is 11.5 Å². The van der Waals surface area contributed by atoms with Crippen LogP contribution in [0.3, 0.4) is 0 Å². The molecule has 0 aromatic heterocycles. The van der Waals surface area contributed by atoms with Crippen LogP contribution in [0.5, 0.6) is 0 Å². The molecule has 1 aromatic carbocycles. The maximum Gasteiger partial charge on any atom is 0.317 e. The summed E-state index contributed by atoms with van der Waals surface area (Å²) in [4.78, 5) is 39.3. The highest BCUT2D eigenvalue weighted by Crippen LogP contribution is 2.47. The first-order valence-electron chi connectivity index (χ1n) is 9.98. The maximum atomic E-state index is 13.2. The summed E-state index contributed by atoms with van der Waals surface area (Å²) in [6.45, 7) is 11.8. The fraction of sp³-hybridized carbons (Fsp3) is 0.609. The number of carbonyl (C=O) groups is 3. The first-order chi connectivity index (χ1) is 13.5. The molecule has 0 unspecified atom stereocenters. The van der Waals surface area contributed by atoms with Crippen molar-refractivity contribution < 1.29 is 29.0 Å². The Morgan fingerprint density at radius 1 is 1.00 bits per heavy atom. The predicted molar refractivity (Wildman–Crippen MR) is 116 cm³/mol. The first-order valence-corrected chi connectivity index (χ1v) is 10.8. The summed E-state index contributed by atoms with van der Waals surface area (Å²) < 4.78 is 11.9. The third-order valence-electron chi connectivity index (χ3n) is 4.84. The number of ether oxygens (including phenoxy) is 2. The molecule has 0 spiro atoms. The third kappa shape index (κ3) is 5.91. The van der Waals surface area contributed by atoms with Crippen LogP contribution in [-0.4, -0.2) is 39.6 Å². The van der Waals surface area contributed by atoms with Gasteiger partial charge in [-0.1, -0.05) is 28.1 Å². The smallest absolute Gasteiger partial charge is 0.317 e. The van der Waals surface area contributed by atoms with Gasteiger partial charge in [-0.05, 0) is 66.2 Å². The highest BCUT2D eigenvalue weighted by atomic mass is 79.9. The molecule has 1 aromatic rings. The van der Waals surface area contributed by atoms with Crippen molar-refractivity contribution in [2.45, 2.75) is 77.6 Å². The third-order valence-corrected chi connectivity index (χ3v) is 5.37. The molecular formula is C23H31BrO6. The maximum absolute atomic E-state index is 13.2. The molecule has 166 valence electrons. The van der Waals surface area contributed by atoms with E-state index in [4.69, 9.17) is 9.47 Å². The van der Waals surface area contributed by atoms with E-state index >= 15 is 0 Å². The fourth-order valence-electron chi connectivity index (χ4n) is 3.83. The number of benzene rings is 1. The molecule has 1 aliphatic rings. The summed E-state index contributed by atoms with van der Waals surface area (Å²) in [7, 11) is 0. The lowest BCUT2D eigenvalue weighted by molar-refractivity contribution is -0.182. The highest BCUT2D eigenvalue weighted by Gasteiger charge is 2.57. The number of hydrogen-bond donors (Lipinski definition) is 1. The van der Waals surface area contributed by atoms with Gasteiger partial charge in [0.15, 0.2) is 5.78 Å². The summed E-state index contributed by atoms with van der Waals surface area (Å²) in [5, 5.41) is 11.1. The van der Waals surface area contributed by atoms with Crippen LogP contribution in [0.2, 0.25) is 0 Å². The zero-order valence-electron chi connectivity index (χ0n) is 18.6. The minimum Gasteiger partial charge on any atom is -0.460 e. The molecule has 1 aliphatic carbocycles. The van der Waals surface area contributed by atoms with Crippen LogP contribution in [0.15, 0.2) is 28.7 Å². The summed E-state index contributed by atoms with van der Waals surface area (Å²) >= 11 is 3.37. The lowest BCUT2D eigenvalue weighted by atomic mass is 9.61. The lowest BCUT2D eigenvalue weighted by Gasteiger charge is -2.44. The molecule has 0 aliphatic heterocycles. The normalized spacial score (nSPS) is 27.5. The molecule has 6 nitrogen and oxygen atoms in total. The van der Waals surface area contributed by atoms with E-state index in [1.54, 1.807) is 65.8 Å². The van der Waals surface area contributed by atoms with Crippen molar-refractivity contribution in [3.8, 4) is 0 Å². The van der Waals surface area contributed by atoms with E-state index in [-0.39, 0.29) is 6.42 Å². The number of ketones is 1. The van der Waals surface area contributed by atoms with Crippen molar-refractivity contribution in [2.75, 3.05) is 0 Å². The van der Waals surface area contributed by atoms with Crippen LogP contribution in [0.1, 0.15) is 66.4 Å². The second kappa shape index (κ2) is 8.42. The molecule has 0 bridgehead atoms. The molecule has 4 atom stereocenters. The van der Waals surface area contributed by atoms with E-state index in [0.717, 1.165) is 4.47 Å². The van der Waals surface area contributed by atoms with Crippen molar-refractivity contribution in [3.63, 3.8) is 0 Å². The average Bonchev–Trinajstić information content (AvgIpc) is 2.50. The summed E-state index contributed by atoms with van der Waals surface area (Å²) in [5.41, 5.74) is -2.68. The minimum absolute atomic E-state index is 0.339. The van der Waals surface area contributed by atoms with Crippen LogP contribution in [0.4, 0.5) is 0 Å². The molecule has 30 heavy (non-hydrogen) atoms. The number of hydrogen-bond acceptors (Lipinski definition) is 6. The van der Waals surface area contributed by atoms with E-state index in [1.807, 2.05) is 0 Å². The van der Waals surface area contributed by atoms with Gasteiger partial charge in [0.25, 0.3) is 0 Å². The van der Waals surface area contributed by atoms with Crippen molar-refractivity contribution in [3.05, 3.63) is 34.3 Å². The van der Waals surface area contributed by atoms with Crippen molar-refractivity contribution in [1.82, 2.24) is 0 Å². The van der Waals surface area contributed by atoms with Gasteiger partial charge in [-0.3, -0.25) is 14.4 Å². The van der Waals surface area contributed by atoms with Crippen LogP contribution < -0.4 is 0 Å². The fourth-order valence-corrected chi connectivity index (χ4v) is 4.10. The topological polar surface area (TPSA) is 89.9 Å². The Morgan fingerprint density at radius 3 is 1.93 bits per heavy atom. The van der Waals surface area contributed by atoms with Gasteiger partial charge in [0, 0.05) is 16.8 Å². The van der Waals surface area contributed by atoms with Crippen LogP contribution in [-0.2, 0) is 23.9 Å². The Kier molecular flexibility index (Phi) is 6.89. The van der Waals surface area contributed by atoms with Gasteiger partial charge in [0.2, 0.25) is 0 Å². The predicted octanol–water partition coefficient (Wildman–Crippen LogP) is 4.17. The quantitative estimate of drug-likeness (QED) is 0.513. The van der Waals surface area contributed by atoms with Crippen molar-refractivity contribution >= 4 is 33.7 Å². The van der Waals surface area contributed by atoms with Crippen molar-refractivity contribution in [2.24, 2.45) is 11.8 Å². The molecule has 0 radical (unpaired) electrons. The van der Waals surface area contributed by atoms with Crippen LogP contribution in [0.25, 0.3) is 0 Å². The molecular weight excluding hydrogens is 452 g/mol. The monoisotopic (exact) mass is 482 g/mol. The zero-order valence-corrected chi connectivity index (χ0v) is 20.2.